The second kappa shape index (κ2) is 11.2. The van der Waals surface area contributed by atoms with E-state index in [1.165, 1.54) is 0 Å². The van der Waals surface area contributed by atoms with Crippen LogP contribution in [0.3, 0.4) is 0 Å². The molecule has 0 bridgehead atoms. The average molecular weight is 385 g/mol. The molecule has 160 valence electrons. The Morgan fingerprint density at radius 3 is 1.93 bits per heavy atom. The molecule has 0 saturated carbocycles. The van der Waals surface area contributed by atoms with E-state index in [-0.39, 0.29) is 28.6 Å². The van der Waals surface area contributed by atoms with Crippen LogP contribution in [0.2, 0.25) is 0 Å². The molecule has 0 heterocycles. The minimum atomic E-state index is 0.0155. The number of carbonyl (C=O) groups is 2. The number of Topliss-reactive ketones (excluding diaryl/α,β-unsaturated/α-hetero) is 1. The topological polar surface area (TPSA) is 49.9 Å². The van der Waals surface area contributed by atoms with Crippen LogP contribution in [0, 0.1) is 11.3 Å². The molecule has 0 aromatic rings. The van der Waals surface area contributed by atoms with Crippen LogP contribution in [0.15, 0.2) is 0 Å². The van der Waals surface area contributed by atoms with Crippen molar-refractivity contribution >= 4 is 11.7 Å². The quantitative estimate of drug-likeness (QED) is 0.450. The third-order valence-electron chi connectivity index (χ3n) is 5.33. The maximum absolute atomic E-state index is 12.4. The van der Waals surface area contributed by atoms with Gasteiger partial charge in [-0.15, -0.1) is 0 Å². The molecule has 0 aliphatic carbocycles. The third-order valence-corrected chi connectivity index (χ3v) is 5.33. The summed E-state index contributed by atoms with van der Waals surface area (Å²) in [5, 5.41) is 0. The van der Waals surface area contributed by atoms with E-state index in [4.69, 9.17) is 4.74 Å². The summed E-state index contributed by atoms with van der Waals surface area (Å²) in [6.07, 6.45) is 1.78. The molecule has 0 radical (unpaired) electrons. The molecule has 0 aliphatic heterocycles. The van der Waals surface area contributed by atoms with Gasteiger partial charge in [0.15, 0.2) is 0 Å². The smallest absolute Gasteiger partial charge is 0.224 e. The Balaban J connectivity index is 4.38. The highest BCUT2D eigenvalue weighted by Gasteiger charge is 2.34. The molecule has 0 aromatic carbocycles. The zero-order valence-corrected chi connectivity index (χ0v) is 19.5. The first kappa shape index (κ1) is 26.1. The van der Waals surface area contributed by atoms with Gasteiger partial charge in [-0.05, 0) is 46.6 Å². The fourth-order valence-corrected chi connectivity index (χ4v) is 3.69. The van der Waals surface area contributed by atoms with Gasteiger partial charge in [-0.2, -0.15) is 0 Å². The van der Waals surface area contributed by atoms with Gasteiger partial charge in [-0.1, -0.05) is 27.7 Å². The van der Waals surface area contributed by atoms with Gasteiger partial charge < -0.3 is 9.64 Å². The Kier molecular flexibility index (Phi) is 10.8. The van der Waals surface area contributed by atoms with Gasteiger partial charge in [0.2, 0.25) is 5.91 Å². The summed E-state index contributed by atoms with van der Waals surface area (Å²) in [5.74, 6) is 0.338. The molecule has 0 spiro atoms. The van der Waals surface area contributed by atoms with Gasteiger partial charge in [0.05, 0.1) is 19.6 Å². The van der Waals surface area contributed by atoms with Crippen molar-refractivity contribution in [3.05, 3.63) is 0 Å². The summed E-state index contributed by atoms with van der Waals surface area (Å²) in [7, 11) is 4.03. The van der Waals surface area contributed by atoms with Crippen molar-refractivity contribution in [1.82, 2.24) is 9.80 Å². The predicted octanol–water partition coefficient (Wildman–Crippen LogP) is 4.00. The fourth-order valence-electron chi connectivity index (χ4n) is 3.69. The predicted molar refractivity (Wildman–Crippen MR) is 113 cm³/mol. The first-order valence-electron chi connectivity index (χ1n) is 10.3. The molecule has 0 aromatic heterocycles. The van der Waals surface area contributed by atoms with Gasteiger partial charge in [0.25, 0.3) is 0 Å². The number of carbonyl (C=O) groups excluding carboxylic acids is 2. The van der Waals surface area contributed by atoms with Crippen LogP contribution in [0.5, 0.6) is 0 Å². The molecule has 0 atom stereocenters. The van der Waals surface area contributed by atoms with Crippen molar-refractivity contribution < 1.29 is 14.3 Å². The molecule has 0 saturated heterocycles. The van der Waals surface area contributed by atoms with Crippen LogP contribution in [-0.4, -0.2) is 66.9 Å². The van der Waals surface area contributed by atoms with Gasteiger partial charge in [0, 0.05) is 37.5 Å². The first-order chi connectivity index (χ1) is 12.2. The molecule has 0 rings (SSSR count). The van der Waals surface area contributed by atoms with Crippen LogP contribution < -0.4 is 0 Å². The van der Waals surface area contributed by atoms with Crippen molar-refractivity contribution in [2.24, 2.45) is 11.3 Å². The van der Waals surface area contributed by atoms with Crippen molar-refractivity contribution in [1.29, 1.82) is 0 Å². The first-order valence-corrected chi connectivity index (χ1v) is 10.3. The summed E-state index contributed by atoms with van der Waals surface area (Å²) in [6.45, 7) is 18.7. The Hall–Kier alpha value is -0.940. The van der Waals surface area contributed by atoms with E-state index in [0.717, 1.165) is 6.42 Å². The highest BCUT2D eigenvalue weighted by atomic mass is 16.5. The van der Waals surface area contributed by atoms with Crippen LogP contribution in [-0.2, 0) is 14.3 Å². The lowest BCUT2D eigenvalue weighted by Gasteiger charge is -2.44. The SMILES string of the molecule is CC(C)C(=O)CCOCCC(=O)N(C)CC(C)(C)CC(C)(C)N(C)C(C)C. The molecule has 1 amide bonds. The van der Waals surface area contributed by atoms with E-state index in [9.17, 15) is 9.59 Å². The van der Waals surface area contributed by atoms with Crippen LogP contribution in [0.4, 0.5) is 0 Å². The van der Waals surface area contributed by atoms with Gasteiger partial charge >= 0.3 is 0 Å². The van der Waals surface area contributed by atoms with E-state index < -0.39 is 0 Å². The number of nitrogens with zero attached hydrogens (tertiary/aromatic N) is 2. The summed E-state index contributed by atoms with van der Waals surface area (Å²) in [6, 6.07) is 0.481. The second-order valence-electron chi connectivity index (χ2n) is 9.84. The van der Waals surface area contributed by atoms with E-state index in [1.807, 2.05) is 25.8 Å². The van der Waals surface area contributed by atoms with Crippen LogP contribution in [0.25, 0.3) is 0 Å². The number of ether oxygens (including phenoxy) is 1. The minimum absolute atomic E-state index is 0.0155. The van der Waals surface area contributed by atoms with E-state index in [2.05, 4.69) is 53.5 Å². The van der Waals surface area contributed by atoms with Gasteiger partial charge in [-0.3, -0.25) is 14.5 Å². The maximum Gasteiger partial charge on any atom is 0.224 e. The zero-order valence-electron chi connectivity index (χ0n) is 19.5. The summed E-state index contributed by atoms with van der Waals surface area (Å²) >= 11 is 0. The van der Waals surface area contributed by atoms with E-state index >= 15 is 0 Å². The van der Waals surface area contributed by atoms with Crippen LogP contribution in [0.1, 0.15) is 74.7 Å². The average Bonchev–Trinajstić information content (AvgIpc) is 2.51. The Morgan fingerprint density at radius 1 is 0.926 bits per heavy atom. The normalized spacial score (nSPS) is 12.9. The molecular formula is C22H44N2O3. The van der Waals surface area contributed by atoms with E-state index in [1.54, 1.807) is 0 Å². The van der Waals surface area contributed by atoms with Crippen molar-refractivity contribution in [2.45, 2.75) is 86.2 Å². The third kappa shape index (κ3) is 10.2. The molecule has 0 fully saturated rings. The molecule has 27 heavy (non-hydrogen) atoms. The van der Waals surface area contributed by atoms with Crippen molar-refractivity contribution in [3.8, 4) is 0 Å². The zero-order chi connectivity index (χ0) is 21.4. The number of rotatable bonds is 13. The lowest BCUT2D eigenvalue weighted by Crippen LogP contribution is -2.49. The number of hydrogen-bond donors (Lipinski definition) is 0. The monoisotopic (exact) mass is 384 g/mol. The second-order valence-corrected chi connectivity index (χ2v) is 9.84. The summed E-state index contributed by atoms with van der Waals surface area (Å²) in [4.78, 5) is 28.2. The molecule has 0 unspecified atom stereocenters. The lowest BCUT2D eigenvalue weighted by molar-refractivity contribution is -0.132. The largest absolute Gasteiger partial charge is 0.380 e. The minimum Gasteiger partial charge on any atom is -0.380 e. The fraction of sp³-hybridized carbons (Fsp3) is 0.909. The van der Waals surface area contributed by atoms with Crippen molar-refractivity contribution in [3.63, 3.8) is 0 Å². The standard InChI is InChI=1S/C22H44N2O3/c1-17(2)19(25)11-13-27-14-12-20(26)23(9)16-21(5,6)15-22(7,8)24(10)18(3)4/h17-18H,11-16H2,1-10H3. The molecule has 5 heteroatoms. The van der Waals surface area contributed by atoms with Crippen molar-refractivity contribution in [2.75, 3.05) is 33.9 Å². The number of amides is 1. The van der Waals surface area contributed by atoms with Gasteiger partial charge in [-0.25, -0.2) is 0 Å². The highest BCUT2D eigenvalue weighted by Crippen LogP contribution is 2.32. The van der Waals surface area contributed by atoms with E-state index in [0.29, 0.717) is 38.6 Å². The summed E-state index contributed by atoms with van der Waals surface area (Å²) in [5.41, 5.74) is 0.0786. The Labute approximate surface area is 167 Å². The highest BCUT2D eigenvalue weighted by molar-refractivity contribution is 5.80. The van der Waals surface area contributed by atoms with Crippen LogP contribution >= 0.6 is 0 Å². The Morgan fingerprint density at radius 2 is 1.44 bits per heavy atom. The molecule has 0 N–H and O–H groups in total. The molecule has 0 aliphatic rings. The maximum atomic E-state index is 12.4. The number of hydrogen-bond acceptors (Lipinski definition) is 4. The number of ketones is 1. The summed E-state index contributed by atoms with van der Waals surface area (Å²) < 4.78 is 5.47. The Bertz CT molecular complexity index is 470. The molecule has 5 nitrogen and oxygen atoms in total. The molecular weight excluding hydrogens is 340 g/mol. The van der Waals surface area contributed by atoms with Gasteiger partial charge in [0.1, 0.15) is 5.78 Å². The lowest BCUT2D eigenvalue weighted by atomic mass is 9.78.